The highest BCUT2D eigenvalue weighted by atomic mass is 16.5. The van der Waals surface area contributed by atoms with Gasteiger partial charge >= 0.3 is 0 Å². The molecule has 0 radical (unpaired) electrons. The van der Waals surface area contributed by atoms with Crippen LogP contribution in [0, 0.1) is 0 Å². The molecule has 4 nitrogen and oxygen atoms in total. The lowest BCUT2D eigenvalue weighted by Gasteiger charge is -2.21. The fraction of sp³-hybridized carbons (Fsp3) is 0.462. The van der Waals surface area contributed by atoms with Crippen LogP contribution in [0.2, 0.25) is 0 Å². The van der Waals surface area contributed by atoms with Crippen LogP contribution in [0.5, 0.6) is 11.5 Å². The van der Waals surface area contributed by atoms with Gasteiger partial charge in [0.25, 0.3) is 0 Å². The van der Waals surface area contributed by atoms with Crippen molar-refractivity contribution in [2.75, 3.05) is 21.3 Å². The first-order chi connectivity index (χ1) is 7.94. The molecule has 94 valence electrons. The Labute approximate surface area is 101 Å². The summed E-state index contributed by atoms with van der Waals surface area (Å²) < 4.78 is 15.4. The Morgan fingerprint density at radius 1 is 1.00 bits per heavy atom. The van der Waals surface area contributed by atoms with E-state index < -0.39 is 5.60 Å². The molecule has 0 aromatic heterocycles. The molecule has 0 spiro atoms. The SMILES string of the molecule is COc1cc(OC)cc(C(=O)C(C)(C)OC)c1. The Kier molecular flexibility index (Phi) is 4.12. The lowest BCUT2D eigenvalue weighted by atomic mass is 9.96. The number of rotatable bonds is 5. The van der Waals surface area contributed by atoms with E-state index in [-0.39, 0.29) is 5.78 Å². The van der Waals surface area contributed by atoms with Crippen LogP contribution in [0.4, 0.5) is 0 Å². The maximum absolute atomic E-state index is 12.2. The van der Waals surface area contributed by atoms with Crippen LogP contribution < -0.4 is 9.47 Å². The van der Waals surface area contributed by atoms with Gasteiger partial charge in [-0.05, 0) is 26.0 Å². The Hall–Kier alpha value is -1.55. The summed E-state index contributed by atoms with van der Waals surface area (Å²) in [5, 5.41) is 0. The summed E-state index contributed by atoms with van der Waals surface area (Å²) in [6.45, 7) is 3.45. The summed E-state index contributed by atoms with van der Waals surface area (Å²) in [5.74, 6) is 1.05. The summed E-state index contributed by atoms with van der Waals surface area (Å²) in [4.78, 5) is 12.2. The number of benzene rings is 1. The number of ketones is 1. The second-order valence-electron chi connectivity index (χ2n) is 4.14. The number of Topliss-reactive ketones (excluding diaryl/α,β-unsaturated/α-hetero) is 1. The minimum Gasteiger partial charge on any atom is -0.497 e. The maximum atomic E-state index is 12.2. The molecule has 1 aromatic carbocycles. The van der Waals surface area contributed by atoms with Crippen molar-refractivity contribution < 1.29 is 19.0 Å². The van der Waals surface area contributed by atoms with Crippen LogP contribution in [0.25, 0.3) is 0 Å². The first-order valence-corrected chi connectivity index (χ1v) is 5.27. The number of hydrogen-bond acceptors (Lipinski definition) is 4. The van der Waals surface area contributed by atoms with Crippen LogP contribution in [0.1, 0.15) is 24.2 Å². The van der Waals surface area contributed by atoms with Gasteiger partial charge in [-0.3, -0.25) is 4.79 Å². The summed E-state index contributed by atoms with van der Waals surface area (Å²) in [6.07, 6.45) is 0. The Morgan fingerprint density at radius 3 is 1.82 bits per heavy atom. The minimum absolute atomic E-state index is 0.114. The molecule has 4 heteroatoms. The second-order valence-corrected chi connectivity index (χ2v) is 4.14. The van der Waals surface area contributed by atoms with Crippen LogP contribution in [0.3, 0.4) is 0 Å². The van der Waals surface area contributed by atoms with Gasteiger partial charge in [-0.15, -0.1) is 0 Å². The van der Waals surface area contributed by atoms with Crippen molar-refractivity contribution in [2.24, 2.45) is 0 Å². The van der Waals surface area contributed by atoms with E-state index >= 15 is 0 Å². The zero-order valence-electron chi connectivity index (χ0n) is 10.9. The van der Waals surface area contributed by atoms with Gasteiger partial charge in [0.15, 0.2) is 5.78 Å². The molecule has 0 atom stereocenters. The molecular formula is C13H18O4. The van der Waals surface area contributed by atoms with Crippen molar-refractivity contribution in [3.63, 3.8) is 0 Å². The van der Waals surface area contributed by atoms with E-state index in [1.54, 1.807) is 46.3 Å². The van der Waals surface area contributed by atoms with Crippen molar-refractivity contribution >= 4 is 5.78 Å². The number of carbonyl (C=O) groups excluding carboxylic acids is 1. The van der Waals surface area contributed by atoms with Crippen LogP contribution in [-0.2, 0) is 4.74 Å². The van der Waals surface area contributed by atoms with Gasteiger partial charge in [0.2, 0.25) is 0 Å². The summed E-state index contributed by atoms with van der Waals surface area (Å²) in [5.41, 5.74) is -0.356. The van der Waals surface area contributed by atoms with Crippen molar-refractivity contribution in [3.05, 3.63) is 23.8 Å². The summed E-state index contributed by atoms with van der Waals surface area (Å²) in [7, 11) is 4.60. The average molecular weight is 238 g/mol. The van der Waals surface area contributed by atoms with E-state index in [0.29, 0.717) is 17.1 Å². The van der Waals surface area contributed by atoms with Gasteiger partial charge in [-0.25, -0.2) is 0 Å². The highest BCUT2D eigenvalue weighted by molar-refractivity contribution is 6.02. The molecule has 0 aliphatic rings. The molecule has 0 bridgehead atoms. The summed E-state index contributed by atoms with van der Waals surface area (Å²) in [6, 6.07) is 5.06. The highest BCUT2D eigenvalue weighted by Crippen LogP contribution is 2.26. The third-order valence-electron chi connectivity index (χ3n) is 2.67. The monoisotopic (exact) mass is 238 g/mol. The van der Waals surface area contributed by atoms with Crippen LogP contribution in [0.15, 0.2) is 18.2 Å². The molecule has 1 rings (SSSR count). The molecule has 0 heterocycles. The van der Waals surface area contributed by atoms with E-state index in [1.165, 1.54) is 7.11 Å². The van der Waals surface area contributed by atoms with Gasteiger partial charge in [-0.2, -0.15) is 0 Å². The fourth-order valence-corrected chi connectivity index (χ4v) is 1.38. The first-order valence-electron chi connectivity index (χ1n) is 5.27. The zero-order valence-corrected chi connectivity index (χ0v) is 10.9. The highest BCUT2D eigenvalue weighted by Gasteiger charge is 2.28. The number of ether oxygens (including phenoxy) is 3. The maximum Gasteiger partial charge on any atom is 0.194 e. The van der Waals surface area contributed by atoms with E-state index in [9.17, 15) is 4.79 Å². The van der Waals surface area contributed by atoms with Crippen molar-refractivity contribution in [1.29, 1.82) is 0 Å². The topological polar surface area (TPSA) is 44.8 Å². The Balaban J connectivity index is 3.17. The van der Waals surface area contributed by atoms with Gasteiger partial charge in [0.05, 0.1) is 14.2 Å². The zero-order chi connectivity index (χ0) is 13.1. The van der Waals surface area contributed by atoms with E-state index in [1.807, 2.05) is 0 Å². The Morgan fingerprint density at radius 2 is 1.47 bits per heavy atom. The van der Waals surface area contributed by atoms with E-state index in [4.69, 9.17) is 14.2 Å². The third kappa shape index (κ3) is 2.97. The third-order valence-corrected chi connectivity index (χ3v) is 2.67. The predicted octanol–water partition coefficient (Wildman–Crippen LogP) is 2.31. The van der Waals surface area contributed by atoms with Crippen molar-refractivity contribution in [3.8, 4) is 11.5 Å². The molecule has 0 aliphatic carbocycles. The lowest BCUT2D eigenvalue weighted by Crippen LogP contribution is -2.33. The molecule has 1 aromatic rings. The van der Waals surface area contributed by atoms with Crippen LogP contribution in [-0.4, -0.2) is 32.7 Å². The quantitative estimate of drug-likeness (QED) is 0.738. The largest absolute Gasteiger partial charge is 0.497 e. The molecule has 0 aliphatic heterocycles. The molecule has 0 amide bonds. The van der Waals surface area contributed by atoms with Gasteiger partial charge in [0, 0.05) is 18.7 Å². The second kappa shape index (κ2) is 5.19. The average Bonchev–Trinajstić information content (AvgIpc) is 2.36. The molecule has 17 heavy (non-hydrogen) atoms. The molecule has 0 saturated heterocycles. The molecule has 0 unspecified atom stereocenters. The molecule has 0 saturated carbocycles. The Bertz CT molecular complexity index is 388. The fourth-order valence-electron chi connectivity index (χ4n) is 1.38. The van der Waals surface area contributed by atoms with Crippen molar-refractivity contribution in [1.82, 2.24) is 0 Å². The number of methoxy groups -OCH3 is 3. The standard InChI is InChI=1S/C13H18O4/c1-13(2,17-5)12(14)9-6-10(15-3)8-11(7-9)16-4/h6-8H,1-5H3. The molecular weight excluding hydrogens is 220 g/mol. The van der Waals surface area contributed by atoms with Gasteiger partial charge in [-0.1, -0.05) is 0 Å². The minimum atomic E-state index is -0.864. The van der Waals surface area contributed by atoms with Crippen LogP contribution >= 0.6 is 0 Å². The normalized spacial score (nSPS) is 11.1. The van der Waals surface area contributed by atoms with E-state index in [2.05, 4.69) is 0 Å². The van der Waals surface area contributed by atoms with Crippen molar-refractivity contribution in [2.45, 2.75) is 19.4 Å². The number of carbonyl (C=O) groups is 1. The van der Waals surface area contributed by atoms with E-state index in [0.717, 1.165) is 0 Å². The smallest absolute Gasteiger partial charge is 0.194 e. The van der Waals surface area contributed by atoms with Gasteiger partial charge < -0.3 is 14.2 Å². The molecule has 0 fully saturated rings. The predicted molar refractivity (Wildman–Crippen MR) is 65.0 cm³/mol. The first kappa shape index (κ1) is 13.5. The summed E-state index contributed by atoms with van der Waals surface area (Å²) >= 11 is 0. The number of hydrogen-bond donors (Lipinski definition) is 0. The van der Waals surface area contributed by atoms with Gasteiger partial charge in [0.1, 0.15) is 17.1 Å². The lowest BCUT2D eigenvalue weighted by molar-refractivity contribution is 0.0228. The molecule has 0 N–H and O–H groups in total.